The number of morpholine rings is 1. The summed E-state index contributed by atoms with van der Waals surface area (Å²) >= 11 is 0. The minimum Gasteiger partial charge on any atom is -0.379 e. The van der Waals surface area contributed by atoms with Gasteiger partial charge in [0.25, 0.3) is 11.8 Å². The lowest BCUT2D eigenvalue weighted by molar-refractivity contribution is -0.132. The third-order valence-corrected chi connectivity index (χ3v) is 8.03. The Kier molecular flexibility index (Phi) is 6.43. The van der Waals surface area contributed by atoms with Gasteiger partial charge in [0.1, 0.15) is 5.54 Å². The second-order valence-electron chi connectivity index (χ2n) is 8.20. The number of hydrazine groups is 1. The fourth-order valence-electron chi connectivity index (χ4n) is 4.03. The predicted octanol–water partition coefficient (Wildman–Crippen LogP) is 1.38. The molecule has 180 valence electrons. The molecule has 2 fully saturated rings. The van der Waals surface area contributed by atoms with Crippen LogP contribution < -0.4 is 10.7 Å². The van der Waals surface area contributed by atoms with E-state index in [1.54, 1.807) is 43.3 Å². The van der Waals surface area contributed by atoms with Gasteiger partial charge in [-0.25, -0.2) is 13.2 Å². The zero-order valence-electron chi connectivity index (χ0n) is 18.9. The number of ether oxygens (including phenoxy) is 1. The summed E-state index contributed by atoms with van der Waals surface area (Å²) < 4.78 is 33.1. The Balaban J connectivity index is 1.60. The molecule has 10 nitrogen and oxygen atoms in total. The van der Waals surface area contributed by atoms with Crippen molar-refractivity contribution in [3.63, 3.8) is 0 Å². The molecule has 0 saturated carbocycles. The third kappa shape index (κ3) is 4.17. The molecule has 11 heteroatoms. The van der Waals surface area contributed by atoms with Crippen molar-refractivity contribution in [3.8, 4) is 0 Å². The van der Waals surface area contributed by atoms with E-state index in [1.807, 2.05) is 6.92 Å². The largest absolute Gasteiger partial charge is 0.379 e. The molecule has 2 heterocycles. The molecule has 2 aromatic carbocycles. The summed E-state index contributed by atoms with van der Waals surface area (Å²) in [4.78, 5) is 38.6. The molecular formula is C23H26N4O6S. The number of aryl methyl sites for hydroxylation is 1. The monoisotopic (exact) mass is 486 g/mol. The van der Waals surface area contributed by atoms with Crippen molar-refractivity contribution in [3.05, 3.63) is 65.2 Å². The molecule has 2 aromatic rings. The molecule has 0 bridgehead atoms. The summed E-state index contributed by atoms with van der Waals surface area (Å²) in [7, 11) is -3.85. The molecule has 1 unspecified atom stereocenters. The number of nitrogens with zero attached hydrogens (tertiary/aromatic N) is 2. The van der Waals surface area contributed by atoms with Crippen LogP contribution in [-0.4, -0.2) is 61.9 Å². The van der Waals surface area contributed by atoms with Crippen LogP contribution in [0.1, 0.15) is 35.3 Å². The van der Waals surface area contributed by atoms with E-state index in [4.69, 9.17) is 4.74 Å². The van der Waals surface area contributed by atoms with Crippen LogP contribution >= 0.6 is 0 Å². The fraction of sp³-hybridized carbons (Fsp3) is 0.348. The Bertz CT molecular complexity index is 1230. The zero-order valence-corrected chi connectivity index (χ0v) is 19.7. The summed E-state index contributed by atoms with van der Waals surface area (Å²) in [5.41, 5.74) is 2.12. The topological polar surface area (TPSA) is 125 Å². The van der Waals surface area contributed by atoms with Crippen LogP contribution in [0.4, 0.5) is 4.79 Å². The SMILES string of the molecule is CCc1ccc(C(=O)NN2C(=O)NC(C)(c3ccccc3)C2=O)cc1S(=O)(=O)N1CCOCC1. The minimum atomic E-state index is -3.85. The molecule has 0 aliphatic carbocycles. The molecule has 4 rings (SSSR count). The number of carbonyl (C=O) groups excluding carboxylic acids is 3. The van der Waals surface area contributed by atoms with Gasteiger partial charge >= 0.3 is 6.03 Å². The van der Waals surface area contributed by atoms with E-state index in [1.165, 1.54) is 16.4 Å². The first-order chi connectivity index (χ1) is 16.2. The van der Waals surface area contributed by atoms with Crippen LogP contribution in [0.2, 0.25) is 0 Å². The van der Waals surface area contributed by atoms with E-state index in [2.05, 4.69) is 10.7 Å². The highest BCUT2D eigenvalue weighted by molar-refractivity contribution is 7.89. The first-order valence-corrected chi connectivity index (χ1v) is 12.4. The lowest BCUT2D eigenvalue weighted by atomic mass is 9.92. The Morgan fingerprint density at radius 3 is 2.44 bits per heavy atom. The van der Waals surface area contributed by atoms with E-state index in [0.717, 1.165) is 0 Å². The number of imide groups is 1. The maximum atomic E-state index is 13.2. The number of carbonyl (C=O) groups is 3. The molecule has 2 aliphatic heterocycles. The van der Waals surface area contributed by atoms with Crippen LogP contribution in [0, 0.1) is 0 Å². The third-order valence-electron chi connectivity index (χ3n) is 6.05. The Morgan fingerprint density at radius 1 is 1.12 bits per heavy atom. The van der Waals surface area contributed by atoms with E-state index >= 15 is 0 Å². The van der Waals surface area contributed by atoms with Gasteiger partial charge in [0, 0.05) is 18.7 Å². The van der Waals surface area contributed by atoms with Gasteiger partial charge in [0.2, 0.25) is 10.0 Å². The van der Waals surface area contributed by atoms with E-state index < -0.39 is 33.4 Å². The number of sulfonamides is 1. The van der Waals surface area contributed by atoms with Crippen molar-refractivity contribution < 1.29 is 27.5 Å². The molecule has 2 N–H and O–H groups in total. The van der Waals surface area contributed by atoms with Gasteiger partial charge in [-0.1, -0.05) is 43.3 Å². The highest BCUT2D eigenvalue weighted by Gasteiger charge is 2.50. The van der Waals surface area contributed by atoms with E-state index in [-0.39, 0.29) is 23.5 Å². The normalized spacial score (nSPS) is 21.4. The first-order valence-electron chi connectivity index (χ1n) is 10.9. The first kappa shape index (κ1) is 23.9. The van der Waals surface area contributed by atoms with Crippen LogP contribution in [0.5, 0.6) is 0 Å². The maximum Gasteiger partial charge on any atom is 0.344 e. The maximum absolute atomic E-state index is 13.2. The van der Waals surface area contributed by atoms with Gasteiger partial charge < -0.3 is 10.1 Å². The summed E-state index contributed by atoms with van der Waals surface area (Å²) in [6.45, 7) is 4.42. The molecule has 2 aliphatic rings. The minimum absolute atomic E-state index is 0.0120. The molecule has 34 heavy (non-hydrogen) atoms. The average Bonchev–Trinajstić information content (AvgIpc) is 3.08. The van der Waals surface area contributed by atoms with Crippen LogP contribution in [0.3, 0.4) is 0 Å². The molecule has 0 aromatic heterocycles. The van der Waals surface area contributed by atoms with Crippen molar-refractivity contribution >= 4 is 27.9 Å². The lowest BCUT2D eigenvalue weighted by Gasteiger charge is -2.27. The molecule has 0 spiro atoms. The number of benzene rings is 2. The van der Waals surface area contributed by atoms with Crippen molar-refractivity contribution in [2.75, 3.05) is 26.3 Å². The summed E-state index contributed by atoms with van der Waals surface area (Å²) in [5.74, 6) is -1.43. The Labute approximate surface area is 197 Å². The number of urea groups is 1. The van der Waals surface area contributed by atoms with Crippen molar-refractivity contribution in [1.29, 1.82) is 0 Å². The standard InChI is InChI=1S/C23H26N4O6S/c1-3-16-9-10-17(15-19(16)34(31,32)26-11-13-33-14-12-26)20(28)25-27-21(29)23(2,24-22(27)30)18-7-5-4-6-8-18/h4-10,15H,3,11-14H2,1-2H3,(H,24,30)(H,25,28). The Morgan fingerprint density at radius 2 is 1.79 bits per heavy atom. The molecule has 0 radical (unpaired) electrons. The van der Waals surface area contributed by atoms with Gasteiger partial charge in [0.05, 0.1) is 18.1 Å². The zero-order chi connectivity index (χ0) is 24.5. The Hall–Kier alpha value is -3.28. The lowest BCUT2D eigenvalue weighted by Crippen LogP contribution is -2.48. The van der Waals surface area contributed by atoms with Crippen LogP contribution in [0.15, 0.2) is 53.4 Å². The molecular weight excluding hydrogens is 460 g/mol. The quantitative estimate of drug-likeness (QED) is 0.595. The molecule has 2 saturated heterocycles. The fourth-order valence-corrected chi connectivity index (χ4v) is 5.76. The van der Waals surface area contributed by atoms with Crippen molar-refractivity contribution in [2.24, 2.45) is 0 Å². The number of hydrogen-bond acceptors (Lipinski definition) is 6. The van der Waals surface area contributed by atoms with Crippen LogP contribution in [-0.2, 0) is 31.5 Å². The summed E-state index contributed by atoms with van der Waals surface area (Å²) in [6, 6.07) is 12.2. The number of hydrogen-bond donors (Lipinski definition) is 2. The van der Waals surface area contributed by atoms with Gasteiger partial charge in [-0.3, -0.25) is 15.0 Å². The second-order valence-corrected chi connectivity index (χ2v) is 10.1. The van der Waals surface area contributed by atoms with Crippen LogP contribution in [0.25, 0.3) is 0 Å². The van der Waals surface area contributed by atoms with Gasteiger partial charge in [0.15, 0.2) is 0 Å². The van der Waals surface area contributed by atoms with Crippen molar-refractivity contribution in [1.82, 2.24) is 20.1 Å². The smallest absolute Gasteiger partial charge is 0.344 e. The van der Waals surface area contributed by atoms with Gasteiger partial charge in [-0.15, -0.1) is 0 Å². The number of rotatable bonds is 6. The summed E-state index contributed by atoms with van der Waals surface area (Å²) in [5, 5.41) is 3.23. The van der Waals surface area contributed by atoms with Crippen molar-refractivity contribution in [2.45, 2.75) is 30.7 Å². The van der Waals surface area contributed by atoms with E-state index in [0.29, 0.717) is 35.8 Å². The van der Waals surface area contributed by atoms with E-state index in [9.17, 15) is 22.8 Å². The number of amides is 4. The highest BCUT2D eigenvalue weighted by Crippen LogP contribution is 2.28. The predicted molar refractivity (Wildman–Crippen MR) is 122 cm³/mol. The average molecular weight is 487 g/mol. The summed E-state index contributed by atoms with van der Waals surface area (Å²) in [6.07, 6.45) is 0.448. The number of nitrogens with one attached hydrogen (secondary N) is 2. The highest BCUT2D eigenvalue weighted by atomic mass is 32.2. The molecule has 1 atom stereocenters. The van der Waals surface area contributed by atoms with Gasteiger partial charge in [-0.2, -0.15) is 9.31 Å². The van der Waals surface area contributed by atoms with Gasteiger partial charge in [-0.05, 0) is 36.6 Å². The molecule has 4 amide bonds. The second kappa shape index (κ2) is 9.16.